The zero-order valence-corrected chi connectivity index (χ0v) is 14.2. The highest BCUT2D eigenvalue weighted by molar-refractivity contribution is 7.80. The quantitative estimate of drug-likeness (QED) is 0.723. The number of hydrogen-bond donors (Lipinski definition) is 2. The molecule has 0 fully saturated rings. The minimum Gasteiger partial charge on any atom is -0.493 e. The molecule has 0 amide bonds. The number of hydrogen-bond acceptors (Lipinski definition) is 3. The van der Waals surface area contributed by atoms with Gasteiger partial charge in [0.25, 0.3) is 0 Å². The standard InChI is InChI=1S/C16H26N2O2S/c1-12(2)7-9-17-16(21)18-10-8-13-5-6-14(19-3)15(11-13)20-4/h5-6,11-12H,7-10H2,1-4H3,(H2,17,18,21). The van der Waals surface area contributed by atoms with Gasteiger partial charge in [-0.1, -0.05) is 19.9 Å². The van der Waals surface area contributed by atoms with E-state index in [9.17, 15) is 0 Å². The fraction of sp³-hybridized carbons (Fsp3) is 0.562. The molecule has 0 aliphatic heterocycles. The van der Waals surface area contributed by atoms with Crippen LogP contribution in [0.4, 0.5) is 0 Å². The molecule has 0 aromatic heterocycles. The Labute approximate surface area is 133 Å². The van der Waals surface area contributed by atoms with Crippen LogP contribution in [0.15, 0.2) is 18.2 Å². The Bertz CT molecular complexity index is 450. The first-order valence-electron chi connectivity index (χ1n) is 7.29. The van der Waals surface area contributed by atoms with Crippen molar-refractivity contribution in [2.75, 3.05) is 27.3 Å². The summed E-state index contributed by atoms with van der Waals surface area (Å²) in [6, 6.07) is 5.96. The highest BCUT2D eigenvalue weighted by atomic mass is 32.1. The molecule has 2 N–H and O–H groups in total. The van der Waals surface area contributed by atoms with Gasteiger partial charge in [-0.2, -0.15) is 0 Å². The second-order valence-electron chi connectivity index (χ2n) is 5.30. The first kappa shape index (κ1) is 17.6. The molecule has 1 aromatic rings. The normalized spacial score (nSPS) is 10.3. The van der Waals surface area contributed by atoms with Crippen LogP contribution in [0.2, 0.25) is 0 Å². The van der Waals surface area contributed by atoms with Crippen LogP contribution in [0.1, 0.15) is 25.8 Å². The summed E-state index contributed by atoms with van der Waals surface area (Å²) in [7, 11) is 3.29. The van der Waals surface area contributed by atoms with Gasteiger partial charge < -0.3 is 20.1 Å². The van der Waals surface area contributed by atoms with Crippen LogP contribution < -0.4 is 20.1 Å². The molecule has 0 unspecified atom stereocenters. The maximum absolute atomic E-state index is 5.30. The Kier molecular flexibility index (Phi) is 7.90. The molecule has 0 radical (unpaired) electrons. The van der Waals surface area contributed by atoms with Gasteiger partial charge in [0.2, 0.25) is 0 Å². The third-order valence-electron chi connectivity index (χ3n) is 3.15. The van der Waals surface area contributed by atoms with Crippen molar-refractivity contribution < 1.29 is 9.47 Å². The van der Waals surface area contributed by atoms with Gasteiger partial charge in [-0.15, -0.1) is 0 Å². The topological polar surface area (TPSA) is 42.5 Å². The number of methoxy groups -OCH3 is 2. The van der Waals surface area contributed by atoms with Gasteiger partial charge in [-0.05, 0) is 48.7 Å². The molecule has 0 bridgehead atoms. The largest absolute Gasteiger partial charge is 0.493 e. The highest BCUT2D eigenvalue weighted by Crippen LogP contribution is 2.27. The van der Waals surface area contributed by atoms with E-state index in [4.69, 9.17) is 21.7 Å². The van der Waals surface area contributed by atoms with E-state index >= 15 is 0 Å². The maximum Gasteiger partial charge on any atom is 0.166 e. The smallest absolute Gasteiger partial charge is 0.166 e. The minimum atomic E-state index is 0.687. The van der Waals surface area contributed by atoms with Crippen molar-refractivity contribution in [3.8, 4) is 11.5 Å². The number of nitrogens with one attached hydrogen (secondary N) is 2. The lowest BCUT2D eigenvalue weighted by molar-refractivity contribution is 0.354. The molecule has 0 spiro atoms. The molecule has 0 heterocycles. The van der Waals surface area contributed by atoms with E-state index in [1.165, 1.54) is 5.56 Å². The third-order valence-corrected chi connectivity index (χ3v) is 3.44. The monoisotopic (exact) mass is 310 g/mol. The van der Waals surface area contributed by atoms with Crippen LogP contribution in [0.25, 0.3) is 0 Å². The second-order valence-corrected chi connectivity index (χ2v) is 5.71. The molecular formula is C16H26N2O2S. The lowest BCUT2D eigenvalue weighted by Crippen LogP contribution is -2.37. The average Bonchev–Trinajstić information content (AvgIpc) is 2.46. The summed E-state index contributed by atoms with van der Waals surface area (Å²) in [5.41, 5.74) is 1.19. The number of ether oxygens (including phenoxy) is 2. The summed E-state index contributed by atoms with van der Waals surface area (Å²) in [6.07, 6.45) is 2.00. The molecule has 0 aliphatic rings. The molecule has 0 saturated heterocycles. The minimum absolute atomic E-state index is 0.687. The molecule has 1 rings (SSSR count). The molecule has 118 valence electrons. The van der Waals surface area contributed by atoms with Crippen molar-refractivity contribution in [1.29, 1.82) is 0 Å². The first-order chi connectivity index (χ1) is 10.1. The van der Waals surface area contributed by atoms with Crippen LogP contribution in [-0.4, -0.2) is 32.4 Å². The van der Waals surface area contributed by atoms with Gasteiger partial charge in [-0.25, -0.2) is 0 Å². The number of rotatable bonds is 8. The first-order valence-corrected chi connectivity index (χ1v) is 7.70. The summed E-state index contributed by atoms with van der Waals surface area (Å²) in [6.45, 7) is 6.12. The fourth-order valence-corrected chi connectivity index (χ4v) is 2.10. The molecule has 5 heteroatoms. The van der Waals surface area contributed by atoms with Crippen LogP contribution in [0.5, 0.6) is 11.5 Å². The van der Waals surface area contributed by atoms with Gasteiger partial charge in [0.15, 0.2) is 16.6 Å². The number of thiocarbonyl (C=S) groups is 1. The van der Waals surface area contributed by atoms with Gasteiger partial charge in [0.1, 0.15) is 0 Å². The van der Waals surface area contributed by atoms with Crippen LogP contribution in [-0.2, 0) is 6.42 Å². The molecule has 0 atom stereocenters. The molecular weight excluding hydrogens is 284 g/mol. The molecule has 21 heavy (non-hydrogen) atoms. The summed E-state index contributed by atoms with van der Waals surface area (Å²) in [4.78, 5) is 0. The highest BCUT2D eigenvalue weighted by Gasteiger charge is 2.04. The van der Waals surface area contributed by atoms with Crippen molar-refractivity contribution in [3.63, 3.8) is 0 Å². The SMILES string of the molecule is COc1ccc(CCNC(=S)NCCC(C)C)cc1OC. The Morgan fingerprint density at radius 3 is 2.38 bits per heavy atom. The Balaban J connectivity index is 2.33. The van der Waals surface area contributed by atoms with Gasteiger partial charge in [-0.3, -0.25) is 0 Å². The van der Waals surface area contributed by atoms with Crippen molar-refractivity contribution in [3.05, 3.63) is 23.8 Å². The van der Waals surface area contributed by atoms with E-state index in [0.29, 0.717) is 5.92 Å². The predicted molar refractivity (Wildman–Crippen MR) is 91.3 cm³/mol. The zero-order valence-electron chi connectivity index (χ0n) is 13.4. The van der Waals surface area contributed by atoms with Crippen molar-refractivity contribution >= 4 is 17.3 Å². The third kappa shape index (κ3) is 6.67. The van der Waals surface area contributed by atoms with Gasteiger partial charge in [0.05, 0.1) is 14.2 Å². The van der Waals surface area contributed by atoms with Crippen LogP contribution in [0, 0.1) is 5.92 Å². The van der Waals surface area contributed by atoms with Gasteiger partial charge in [0, 0.05) is 13.1 Å². The van der Waals surface area contributed by atoms with E-state index in [-0.39, 0.29) is 0 Å². The van der Waals surface area contributed by atoms with E-state index in [0.717, 1.165) is 42.5 Å². The Morgan fingerprint density at radius 1 is 1.10 bits per heavy atom. The predicted octanol–water partition coefficient (Wildman–Crippen LogP) is 2.76. The van der Waals surface area contributed by atoms with E-state index in [2.05, 4.69) is 24.5 Å². The Hall–Kier alpha value is -1.49. The van der Waals surface area contributed by atoms with Crippen molar-refractivity contribution in [1.82, 2.24) is 10.6 Å². The molecule has 0 aliphatic carbocycles. The van der Waals surface area contributed by atoms with Crippen molar-refractivity contribution in [2.45, 2.75) is 26.7 Å². The molecule has 4 nitrogen and oxygen atoms in total. The van der Waals surface area contributed by atoms with E-state index in [1.54, 1.807) is 14.2 Å². The van der Waals surface area contributed by atoms with Crippen molar-refractivity contribution in [2.24, 2.45) is 5.92 Å². The lowest BCUT2D eigenvalue weighted by atomic mass is 10.1. The van der Waals surface area contributed by atoms with E-state index < -0.39 is 0 Å². The summed E-state index contributed by atoms with van der Waals surface area (Å²) in [5, 5.41) is 7.15. The second kappa shape index (κ2) is 9.45. The summed E-state index contributed by atoms with van der Waals surface area (Å²) in [5.74, 6) is 2.19. The Morgan fingerprint density at radius 2 is 1.76 bits per heavy atom. The molecule has 1 aromatic carbocycles. The zero-order chi connectivity index (χ0) is 15.7. The summed E-state index contributed by atoms with van der Waals surface area (Å²) < 4.78 is 10.5. The summed E-state index contributed by atoms with van der Waals surface area (Å²) >= 11 is 5.24. The van der Waals surface area contributed by atoms with Gasteiger partial charge >= 0.3 is 0 Å². The maximum atomic E-state index is 5.30. The van der Waals surface area contributed by atoms with Crippen LogP contribution in [0.3, 0.4) is 0 Å². The van der Waals surface area contributed by atoms with E-state index in [1.807, 2.05) is 18.2 Å². The molecule has 0 saturated carbocycles. The fourth-order valence-electron chi connectivity index (χ4n) is 1.89. The lowest BCUT2D eigenvalue weighted by Gasteiger charge is -2.12. The van der Waals surface area contributed by atoms with Crippen LogP contribution >= 0.6 is 12.2 Å². The average molecular weight is 310 g/mol. The number of benzene rings is 1.